The molecular formula is C18H27ClN6O2. The lowest BCUT2D eigenvalue weighted by molar-refractivity contribution is -0.119. The standard InChI is InChI=1S/C18H27ClN6O2/c1-6-8-20-18(27)16-14(10-24(7-2)23-16)21-17(26)11(3)9-25-13(5)15(19)12(4)22-25/h10-11H,6-9H2,1-5H3,(H,20,27)(H,21,26). The summed E-state index contributed by atoms with van der Waals surface area (Å²) in [5.74, 6) is -0.869. The highest BCUT2D eigenvalue weighted by Gasteiger charge is 2.22. The van der Waals surface area contributed by atoms with Gasteiger partial charge in [-0.05, 0) is 27.2 Å². The van der Waals surface area contributed by atoms with Crippen LogP contribution in [0, 0.1) is 19.8 Å². The zero-order valence-electron chi connectivity index (χ0n) is 16.5. The van der Waals surface area contributed by atoms with Gasteiger partial charge in [-0.25, -0.2) is 0 Å². The van der Waals surface area contributed by atoms with E-state index in [0.29, 0.717) is 30.3 Å². The fraction of sp³-hybridized carbons (Fsp3) is 0.556. The molecule has 0 saturated heterocycles. The van der Waals surface area contributed by atoms with Gasteiger partial charge in [0.2, 0.25) is 5.91 Å². The van der Waals surface area contributed by atoms with Crippen molar-refractivity contribution in [2.45, 2.75) is 54.1 Å². The molecule has 2 amide bonds. The molecule has 2 rings (SSSR count). The molecule has 0 aromatic carbocycles. The molecular weight excluding hydrogens is 368 g/mol. The number of anilines is 1. The lowest BCUT2D eigenvalue weighted by Gasteiger charge is -2.13. The maximum atomic E-state index is 12.7. The summed E-state index contributed by atoms with van der Waals surface area (Å²) in [5.41, 5.74) is 2.20. The highest BCUT2D eigenvalue weighted by molar-refractivity contribution is 6.31. The van der Waals surface area contributed by atoms with Crippen LogP contribution in [-0.2, 0) is 17.9 Å². The third-order valence-electron chi connectivity index (χ3n) is 4.28. The van der Waals surface area contributed by atoms with Gasteiger partial charge < -0.3 is 10.6 Å². The maximum Gasteiger partial charge on any atom is 0.273 e. The first-order chi connectivity index (χ1) is 12.8. The summed E-state index contributed by atoms with van der Waals surface area (Å²) >= 11 is 6.17. The Morgan fingerprint density at radius 1 is 1.26 bits per heavy atom. The lowest BCUT2D eigenvalue weighted by atomic mass is 10.1. The Kier molecular flexibility index (Phi) is 7.01. The number of carbonyl (C=O) groups is 2. The van der Waals surface area contributed by atoms with Gasteiger partial charge in [-0.2, -0.15) is 10.2 Å². The second kappa shape index (κ2) is 9.03. The van der Waals surface area contributed by atoms with E-state index in [2.05, 4.69) is 20.8 Å². The van der Waals surface area contributed by atoms with Crippen molar-refractivity contribution in [3.63, 3.8) is 0 Å². The van der Waals surface area contributed by atoms with Gasteiger partial charge in [0.15, 0.2) is 5.69 Å². The lowest BCUT2D eigenvalue weighted by Crippen LogP contribution is -2.28. The average Bonchev–Trinajstić information content (AvgIpc) is 3.16. The summed E-state index contributed by atoms with van der Waals surface area (Å²) in [6.45, 7) is 10.9. The number of halogens is 1. The van der Waals surface area contributed by atoms with Crippen LogP contribution < -0.4 is 10.6 Å². The molecule has 27 heavy (non-hydrogen) atoms. The Morgan fingerprint density at radius 3 is 2.52 bits per heavy atom. The Bertz CT molecular complexity index is 826. The number of nitrogens with one attached hydrogen (secondary N) is 2. The molecule has 0 fully saturated rings. The minimum atomic E-state index is -0.365. The molecule has 0 aliphatic heterocycles. The largest absolute Gasteiger partial charge is 0.351 e. The zero-order chi connectivity index (χ0) is 20.1. The summed E-state index contributed by atoms with van der Waals surface area (Å²) in [5, 5.41) is 14.9. The van der Waals surface area contributed by atoms with Crippen molar-refractivity contribution in [1.29, 1.82) is 0 Å². The van der Waals surface area contributed by atoms with Gasteiger partial charge >= 0.3 is 0 Å². The van der Waals surface area contributed by atoms with E-state index in [9.17, 15) is 9.59 Å². The minimum absolute atomic E-state index is 0.209. The first-order valence-electron chi connectivity index (χ1n) is 9.14. The summed E-state index contributed by atoms with van der Waals surface area (Å²) in [4.78, 5) is 25.0. The van der Waals surface area contributed by atoms with Gasteiger partial charge in [0.05, 0.1) is 34.6 Å². The number of aromatic nitrogens is 4. The number of aryl methyl sites for hydroxylation is 2. The number of carbonyl (C=O) groups excluding carboxylic acids is 2. The van der Waals surface area contributed by atoms with Crippen molar-refractivity contribution in [3.05, 3.63) is 28.3 Å². The van der Waals surface area contributed by atoms with Crippen molar-refractivity contribution < 1.29 is 9.59 Å². The van der Waals surface area contributed by atoms with Crippen LogP contribution in [0.4, 0.5) is 5.69 Å². The van der Waals surface area contributed by atoms with Crippen molar-refractivity contribution in [1.82, 2.24) is 24.9 Å². The number of rotatable bonds is 8. The van der Waals surface area contributed by atoms with Crippen LogP contribution in [0.1, 0.15) is 49.1 Å². The molecule has 0 bridgehead atoms. The SMILES string of the molecule is CCCNC(=O)c1nn(CC)cc1NC(=O)C(C)Cn1nc(C)c(Cl)c1C. The molecule has 0 spiro atoms. The molecule has 0 aliphatic rings. The number of hydrogen-bond acceptors (Lipinski definition) is 4. The second-order valence-corrected chi connectivity index (χ2v) is 6.94. The van der Waals surface area contributed by atoms with Crippen molar-refractivity contribution in [2.24, 2.45) is 5.92 Å². The van der Waals surface area contributed by atoms with Crippen LogP contribution in [0.3, 0.4) is 0 Å². The van der Waals surface area contributed by atoms with Crippen LogP contribution in [-0.4, -0.2) is 37.9 Å². The molecule has 1 unspecified atom stereocenters. The molecule has 1 atom stereocenters. The normalized spacial score (nSPS) is 12.1. The van der Waals surface area contributed by atoms with Crippen LogP contribution in [0.5, 0.6) is 0 Å². The third kappa shape index (κ3) is 4.88. The Labute approximate surface area is 164 Å². The predicted octanol–water partition coefficient (Wildman–Crippen LogP) is 2.78. The van der Waals surface area contributed by atoms with Gasteiger partial charge in [0, 0.05) is 19.3 Å². The van der Waals surface area contributed by atoms with Crippen LogP contribution >= 0.6 is 11.6 Å². The predicted molar refractivity (Wildman–Crippen MR) is 105 cm³/mol. The summed E-state index contributed by atoms with van der Waals surface area (Å²) in [7, 11) is 0. The van der Waals surface area contributed by atoms with Gasteiger partial charge in [0.1, 0.15) is 0 Å². The summed E-state index contributed by atoms with van der Waals surface area (Å²) in [6.07, 6.45) is 2.50. The van der Waals surface area contributed by atoms with Crippen LogP contribution in [0.25, 0.3) is 0 Å². The number of amides is 2. The van der Waals surface area contributed by atoms with Crippen molar-refractivity contribution in [2.75, 3.05) is 11.9 Å². The highest BCUT2D eigenvalue weighted by atomic mass is 35.5. The molecule has 9 heteroatoms. The van der Waals surface area contributed by atoms with Gasteiger partial charge in [-0.3, -0.25) is 19.0 Å². The number of nitrogens with zero attached hydrogens (tertiary/aromatic N) is 4. The van der Waals surface area contributed by atoms with E-state index >= 15 is 0 Å². The molecule has 0 saturated carbocycles. The highest BCUT2D eigenvalue weighted by Crippen LogP contribution is 2.21. The van der Waals surface area contributed by atoms with Crippen LogP contribution in [0.2, 0.25) is 5.02 Å². The average molecular weight is 395 g/mol. The fourth-order valence-corrected chi connectivity index (χ4v) is 2.75. The smallest absolute Gasteiger partial charge is 0.273 e. The van der Waals surface area contributed by atoms with E-state index in [1.54, 1.807) is 22.5 Å². The summed E-state index contributed by atoms with van der Waals surface area (Å²) in [6, 6.07) is 0. The van der Waals surface area contributed by atoms with E-state index in [-0.39, 0.29) is 23.4 Å². The molecule has 2 aromatic rings. The monoisotopic (exact) mass is 394 g/mol. The molecule has 2 aromatic heterocycles. The topological polar surface area (TPSA) is 93.8 Å². The molecule has 148 valence electrons. The molecule has 0 radical (unpaired) electrons. The van der Waals surface area contributed by atoms with Crippen molar-refractivity contribution >= 4 is 29.1 Å². The van der Waals surface area contributed by atoms with Gasteiger partial charge in [0.25, 0.3) is 5.91 Å². The molecule has 8 nitrogen and oxygen atoms in total. The second-order valence-electron chi connectivity index (χ2n) is 6.56. The van der Waals surface area contributed by atoms with E-state index in [1.165, 1.54) is 0 Å². The van der Waals surface area contributed by atoms with E-state index in [0.717, 1.165) is 17.8 Å². The first kappa shape index (κ1) is 21.0. The molecule has 2 heterocycles. The minimum Gasteiger partial charge on any atom is -0.351 e. The Morgan fingerprint density at radius 2 is 1.96 bits per heavy atom. The molecule has 2 N–H and O–H groups in total. The maximum absolute atomic E-state index is 12.7. The van der Waals surface area contributed by atoms with E-state index in [4.69, 9.17) is 11.6 Å². The van der Waals surface area contributed by atoms with Crippen LogP contribution in [0.15, 0.2) is 6.20 Å². The Balaban J connectivity index is 2.12. The first-order valence-corrected chi connectivity index (χ1v) is 9.52. The summed E-state index contributed by atoms with van der Waals surface area (Å²) < 4.78 is 3.36. The van der Waals surface area contributed by atoms with Gasteiger partial charge in [-0.1, -0.05) is 25.4 Å². The zero-order valence-corrected chi connectivity index (χ0v) is 17.2. The quantitative estimate of drug-likeness (QED) is 0.719. The van der Waals surface area contributed by atoms with Gasteiger partial charge in [-0.15, -0.1) is 0 Å². The van der Waals surface area contributed by atoms with E-state index in [1.807, 2.05) is 27.7 Å². The fourth-order valence-electron chi connectivity index (χ4n) is 2.62. The Hall–Kier alpha value is -2.35. The van der Waals surface area contributed by atoms with Crippen molar-refractivity contribution in [3.8, 4) is 0 Å². The number of hydrogen-bond donors (Lipinski definition) is 2. The third-order valence-corrected chi connectivity index (χ3v) is 4.83. The van der Waals surface area contributed by atoms with E-state index < -0.39 is 0 Å². The molecule has 0 aliphatic carbocycles.